The number of fused-ring (bicyclic) bond motifs is 5. The Bertz CT molecular complexity index is 963. The van der Waals surface area contributed by atoms with Crippen molar-refractivity contribution in [3.05, 3.63) is 0 Å². The largest absolute Gasteiger partial charge is 0.467 e. The van der Waals surface area contributed by atoms with Crippen LogP contribution in [-0.2, 0) is 28.5 Å². The van der Waals surface area contributed by atoms with Gasteiger partial charge in [-0.2, -0.15) is 0 Å². The molecule has 5 fully saturated rings. The van der Waals surface area contributed by atoms with E-state index in [1.807, 2.05) is 0 Å². The van der Waals surface area contributed by atoms with Crippen LogP contribution in [0.3, 0.4) is 0 Å². The van der Waals surface area contributed by atoms with E-state index in [2.05, 4.69) is 18.6 Å². The Morgan fingerprint density at radius 2 is 1.50 bits per heavy atom. The summed E-state index contributed by atoms with van der Waals surface area (Å²) in [6, 6.07) is 0. The molecule has 4 radical (unpaired) electrons. The van der Waals surface area contributed by atoms with E-state index in [0.717, 1.165) is 64.9 Å². The van der Waals surface area contributed by atoms with Crippen LogP contribution in [0.2, 0.25) is 0 Å². The number of methoxy groups -OCH3 is 1. The van der Waals surface area contributed by atoms with Gasteiger partial charge in [-0.15, -0.1) is 0 Å². The summed E-state index contributed by atoms with van der Waals surface area (Å²) in [5, 5.41) is 41.7. The minimum Gasteiger partial charge on any atom is -0.467 e. The summed E-state index contributed by atoms with van der Waals surface area (Å²) in [6.45, 7) is 5.99. The smallest absolute Gasteiger partial charge is 0.337 e. The van der Waals surface area contributed by atoms with E-state index in [0.29, 0.717) is 23.7 Å². The first-order chi connectivity index (χ1) is 18.9. The molecule has 11 unspecified atom stereocenters. The molecule has 4 N–H and O–H groups in total. The Labute approximate surface area is 404 Å². The summed E-state index contributed by atoms with van der Waals surface area (Å²) >= 11 is 0. The van der Waals surface area contributed by atoms with Crippen molar-refractivity contribution in [3.63, 3.8) is 0 Å². The fourth-order valence-electron chi connectivity index (χ4n) is 9.92. The van der Waals surface area contributed by atoms with Crippen LogP contribution in [0.4, 0.5) is 0 Å². The molecule has 240 valence electrons. The second kappa shape index (κ2) is 19.5. The van der Waals surface area contributed by atoms with E-state index in [9.17, 15) is 30.0 Å². The van der Waals surface area contributed by atoms with E-state index in [4.69, 9.17) is 14.2 Å². The van der Waals surface area contributed by atoms with Gasteiger partial charge in [0.25, 0.3) is 0 Å². The van der Waals surface area contributed by atoms with Gasteiger partial charge in [0.05, 0.1) is 19.8 Å². The number of hydrogen-bond donors (Lipinski definition) is 4. The van der Waals surface area contributed by atoms with Crippen LogP contribution in [0, 0.1) is 217 Å². The minimum atomic E-state index is -1.66. The van der Waals surface area contributed by atoms with E-state index in [-0.39, 0.29) is 212 Å². The zero-order valence-electron chi connectivity index (χ0n) is 26.5. The molecule has 44 heavy (non-hydrogen) atoms. The van der Waals surface area contributed by atoms with Gasteiger partial charge >= 0.3 is 11.9 Å². The topological polar surface area (TPSA) is 152 Å². The summed E-state index contributed by atoms with van der Waals surface area (Å²) in [4.78, 5) is 23.7. The van der Waals surface area contributed by atoms with E-state index in [1.165, 1.54) is 6.92 Å². The van der Waals surface area contributed by atoms with Gasteiger partial charge in [-0.25, -0.2) is 4.79 Å². The average Bonchev–Trinajstić information content (AvgIpc) is 3.28. The Morgan fingerprint density at radius 1 is 0.864 bits per heavy atom. The maximum atomic E-state index is 12.1. The molecule has 1 aliphatic heterocycles. The molecule has 0 spiro atoms. The molecule has 14 atom stereocenters. The van der Waals surface area contributed by atoms with Gasteiger partial charge in [0.15, 0.2) is 12.4 Å². The molecule has 14 heteroatoms. The minimum absolute atomic E-state index is 0. The first-order valence-electron chi connectivity index (χ1n) is 15.2. The number of rotatable bonds is 6. The van der Waals surface area contributed by atoms with E-state index < -0.39 is 42.8 Å². The third-order valence-electron chi connectivity index (χ3n) is 12.0. The van der Waals surface area contributed by atoms with Gasteiger partial charge in [-0.05, 0) is 98.2 Å². The molecule has 4 aliphatic carbocycles. The zero-order valence-corrected chi connectivity index (χ0v) is 45.5. The number of ether oxygens (including phenoxy) is 4. The molecule has 0 aromatic rings. The molecule has 5 aliphatic rings. The van der Waals surface area contributed by atoms with Crippen molar-refractivity contribution in [3.8, 4) is 0 Å². The van der Waals surface area contributed by atoms with Crippen molar-refractivity contribution in [1.29, 1.82) is 0 Å². The normalized spacial score (nSPS) is 44.8. The number of aliphatic hydroxyl groups excluding tert-OH is 4. The van der Waals surface area contributed by atoms with Crippen LogP contribution >= 0.6 is 0 Å². The van der Waals surface area contributed by atoms with Crippen LogP contribution in [0.15, 0.2) is 0 Å². The standard InChI is InChI=1S/C30H48O10.4Ac/c1-15(32)38-17-9-11-29(2)16(13-17)5-6-18-19-7-8-21(30(19,3)12-10-20(18)29)22(14-31)39-28-25(35)23(33)24(34)26(40-28)27(36)37-4;;;;/h16-26,28,31,33-35H,5-14H2,1-4H3;;;;/t16?,17?,18?,19?,20?,21-,22?,23?,24?,25?,26?,28?,29+,30+;;;;/m1..../s1. The maximum absolute atomic E-state index is 12.1. The number of aliphatic hydroxyl groups is 4. The predicted molar refractivity (Wildman–Crippen MR) is 141 cm³/mol. The molecule has 10 nitrogen and oxygen atoms in total. The van der Waals surface area contributed by atoms with Crippen molar-refractivity contribution < 1.29 is 225 Å². The summed E-state index contributed by atoms with van der Waals surface area (Å²) in [6.07, 6.45) is 0.909. The van der Waals surface area contributed by atoms with Gasteiger partial charge in [0.1, 0.15) is 24.4 Å². The quantitative estimate of drug-likeness (QED) is 0.291. The second-order valence-corrected chi connectivity index (χ2v) is 13.7. The van der Waals surface area contributed by atoms with Crippen LogP contribution in [0.5, 0.6) is 0 Å². The van der Waals surface area contributed by atoms with Crippen molar-refractivity contribution in [1.82, 2.24) is 0 Å². The van der Waals surface area contributed by atoms with Crippen LogP contribution in [0.25, 0.3) is 0 Å². The SMILES string of the molecule is COC(=O)C1OC(OC(CO)[C@H]2CCC3C4CCC5CC(OC(C)=O)CC[C@]5(C)C4CC[C@@]32C)C(O)C(O)C1O.[Ac].[Ac].[Ac].[Ac]. The Morgan fingerprint density at radius 3 is 2.11 bits per heavy atom. The number of carbonyl (C=O) groups excluding carboxylic acids is 2. The van der Waals surface area contributed by atoms with Crippen LogP contribution in [0.1, 0.15) is 78.6 Å². The fraction of sp³-hybridized carbons (Fsp3) is 0.933. The molecule has 1 saturated heterocycles. The van der Waals surface area contributed by atoms with Crippen LogP contribution in [-0.4, -0.2) is 89.0 Å². The summed E-state index contributed by atoms with van der Waals surface area (Å²) in [7, 11) is 1.15. The summed E-state index contributed by atoms with van der Waals surface area (Å²) < 4.78 is 22.0. The third kappa shape index (κ3) is 9.15. The summed E-state index contributed by atoms with van der Waals surface area (Å²) in [5.41, 5.74) is 0.179. The number of carbonyl (C=O) groups is 2. The zero-order chi connectivity index (χ0) is 29.0. The first-order valence-corrected chi connectivity index (χ1v) is 15.2. The molecular weight excluding hydrogens is 1430 g/mol. The van der Waals surface area contributed by atoms with Gasteiger partial charge in [-0.1, -0.05) is 13.8 Å². The van der Waals surface area contributed by atoms with E-state index in [1.54, 1.807) is 0 Å². The fourth-order valence-corrected chi connectivity index (χ4v) is 9.92. The maximum Gasteiger partial charge on any atom is 0.337 e. The van der Waals surface area contributed by atoms with Crippen LogP contribution < -0.4 is 0 Å². The molecule has 4 saturated carbocycles. The van der Waals surface area contributed by atoms with Crippen molar-refractivity contribution in [2.24, 2.45) is 40.4 Å². The van der Waals surface area contributed by atoms with Crippen molar-refractivity contribution in [2.45, 2.75) is 121 Å². The molecule has 0 aromatic heterocycles. The van der Waals surface area contributed by atoms with Gasteiger partial charge in [-0.3, -0.25) is 4.79 Å². The molecule has 1 heterocycles. The van der Waals surface area contributed by atoms with Gasteiger partial charge < -0.3 is 39.4 Å². The Balaban J connectivity index is 0.00000242. The van der Waals surface area contributed by atoms with Crippen molar-refractivity contribution >= 4 is 11.9 Å². The number of hydrogen-bond acceptors (Lipinski definition) is 10. The molecular formula is C30H48Ac4O10. The third-order valence-corrected chi connectivity index (χ3v) is 12.0. The second-order valence-electron chi connectivity index (χ2n) is 13.7. The van der Waals surface area contributed by atoms with Crippen molar-refractivity contribution in [2.75, 3.05) is 13.7 Å². The first kappa shape index (κ1) is 46.5. The Kier molecular flexibility index (Phi) is 20.6. The summed E-state index contributed by atoms with van der Waals surface area (Å²) in [5.74, 6) is 1.23. The van der Waals surface area contributed by atoms with Gasteiger partial charge in [0.2, 0.25) is 0 Å². The number of esters is 2. The molecule has 0 bridgehead atoms. The monoisotopic (exact) mass is 1480 g/mol. The molecule has 0 amide bonds. The Hall–Kier alpha value is 4.47. The predicted octanol–water partition coefficient (Wildman–Crippen LogP) is 1.94. The molecule has 0 aromatic carbocycles. The average molecular weight is 1480 g/mol. The van der Waals surface area contributed by atoms with Gasteiger partial charge in [0, 0.05) is 183 Å². The van der Waals surface area contributed by atoms with E-state index >= 15 is 0 Å². The molecule has 5 rings (SSSR count).